The molecule has 0 aromatic carbocycles. The van der Waals surface area contributed by atoms with E-state index in [1.807, 2.05) is 0 Å². The van der Waals surface area contributed by atoms with Gasteiger partial charge in [-0.2, -0.15) is 11.8 Å². The highest BCUT2D eigenvalue weighted by molar-refractivity contribution is 8.00. The minimum Gasteiger partial charge on any atom is -0.312 e. The number of fused-ring (bicyclic) bond motifs is 2. The van der Waals surface area contributed by atoms with Crippen molar-refractivity contribution in [3.63, 3.8) is 0 Å². The molecule has 2 heteroatoms. The van der Waals surface area contributed by atoms with E-state index in [-0.39, 0.29) is 0 Å². The first-order chi connectivity index (χ1) is 8.42. The molecule has 0 radical (unpaired) electrons. The second kappa shape index (κ2) is 4.15. The van der Waals surface area contributed by atoms with Crippen LogP contribution in [-0.2, 0) is 0 Å². The fourth-order valence-corrected chi connectivity index (χ4v) is 6.05. The molecule has 3 aliphatic carbocycles. The molecule has 0 spiro atoms. The Morgan fingerprint density at radius 3 is 2.33 bits per heavy atom. The third kappa shape index (κ3) is 1.78. The van der Waals surface area contributed by atoms with E-state index in [0.29, 0.717) is 15.6 Å². The molecule has 2 bridgehead atoms. The van der Waals surface area contributed by atoms with E-state index < -0.39 is 0 Å². The minimum absolute atomic E-state index is 0.510. The van der Waals surface area contributed by atoms with Gasteiger partial charge in [0.2, 0.25) is 0 Å². The van der Waals surface area contributed by atoms with Crippen molar-refractivity contribution < 1.29 is 0 Å². The van der Waals surface area contributed by atoms with Gasteiger partial charge in [0.15, 0.2) is 0 Å². The average molecular weight is 267 g/mol. The van der Waals surface area contributed by atoms with Gasteiger partial charge in [-0.15, -0.1) is 0 Å². The van der Waals surface area contributed by atoms with E-state index in [4.69, 9.17) is 0 Å². The molecule has 3 aliphatic rings. The zero-order valence-electron chi connectivity index (χ0n) is 12.5. The van der Waals surface area contributed by atoms with Crippen molar-refractivity contribution in [1.29, 1.82) is 0 Å². The van der Waals surface area contributed by atoms with E-state index in [1.165, 1.54) is 45.1 Å². The van der Waals surface area contributed by atoms with Crippen molar-refractivity contribution in [2.45, 2.75) is 70.1 Å². The van der Waals surface area contributed by atoms with Crippen LogP contribution in [0.2, 0.25) is 0 Å². The highest BCUT2D eigenvalue weighted by Crippen LogP contribution is 2.62. The maximum absolute atomic E-state index is 4.02. The lowest BCUT2D eigenvalue weighted by molar-refractivity contribution is 0.103. The van der Waals surface area contributed by atoms with Crippen LogP contribution in [0.5, 0.6) is 0 Å². The van der Waals surface area contributed by atoms with Crippen LogP contribution in [0.15, 0.2) is 0 Å². The van der Waals surface area contributed by atoms with E-state index in [9.17, 15) is 0 Å². The highest BCUT2D eigenvalue weighted by Gasteiger charge is 2.59. The van der Waals surface area contributed by atoms with Crippen LogP contribution in [0, 0.1) is 16.7 Å². The Balaban J connectivity index is 1.69. The van der Waals surface area contributed by atoms with Crippen LogP contribution in [0.4, 0.5) is 0 Å². The van der Waals surface area contributed by atoms with Gasteiger partial charge < -0.3 is 5.32 Å². The molecule has 1 N–H and O–H groups in total. The van der Waals surface area contributed by atoms with Gasteiger partial charge in [0.05, 0.1) is 0 Å². The molecule has 0 heterocycles. The summed E-state index contributed by atoms with van der Waals surface area (Å²) in [6.45, 7) is 8.79. The predicted molar refractivity (Wildman–Crippen MR) is 81.1 cm³/mol. The summed E-state index contributed by atoms with van der Waals surface area (Å²) in [5, 5.41) is 4.02. The van der Waals surface area contributed by atoms with Gasteiger partial charge in [-0.05, 0) is 55.1 Å². The van der Waals surface area contributed by atoms with Crippen LogP contribution in [-0.4, -0.2) is 23.6 Å². The predicted octanol–water partition coefficient (Wildman–Crippen LogP) is 4.08. The van der Waals surface area contributed by atoms with Gasteiger partial charge in [-0.25, -0.2) is 0 Å². The third-order valence-electron chi connectivity index (χ3n) is 6.60. The van der Waals surface area contributed by atoms with Crippen LogP contribution in [0.25, 0.3) is 0 Å². The lowest BCUT2D eigenvalue weighted by atomic mass is 9.68. The van der Waals surface area contributed by atoms with Gasteiger partial charge in [-0.1, -0.05) is 27.2 Å². The monoisotopic (exact) mass is 267 g/mol. The summed E-state index contributed by atoms with van der Waals surface area (Å²) in [5.74, 6) is 0.964. The van der Waals surface area contributed by atoms with Crippen LogP contribution >= 0.6 is 11.8 Å². The topological polar surface area (TPSA) is 12.0 Å². The molecule has 3 fully saturated rings. The van der Waals surface area contributed by atoms with Gasteiger partial charge in [0.25, 0.3) is 0 Å². The molecule has 3 saturated carbocycles. The minimum atomic E-state index is 0.510. The molecule has 0 amide bonds. The first-order valence-electron chi connectivity index (χ1n) is 7.70. The third-order valence-corrected chi connectivity index (χ3v) is 8.01. The van der Waals surface area contributed by atoms with E-state index in [0.717, 1.165) is 12.0 Å². The van der Waals surface area contributed by atoms with Crippen molar-refractivity contribution >= 4 is 11.8 Å². The SMILES string of the molecule is CSC1(CNC2C3(C)CCC(C3)C2(C)C)CCC1. The normalized spacial score (nSPS) is 44.0. The fraction of sp³-hybridized carbons (Fsp3) is 1.00. The Kier molecular flexibility index (Phi) is 3.07. The summed E-state index contributed by atoms with van der Waals surface area (Å²) in [5.41, 5.74) is 1.09. The maximum atomic E-state index is 4.02. The van der Waals surface area contributed by atoms with Crippen molar-refractivity contribution in [2.24, 2.45) is 16.7 Å². The van der Waals surface area contributed by atoms with Crippen molar-refractivity contribution in [3.05, 3.63) is 0 Å². The summed E-state index contributed by atoms with van der Waals surface area (Å²) >= 11 is 2.10. The molecule has 3 atom stereocenters. The number of rotatable bonds is 4. The molecular weight excluding hydrogens is 238 g/mol. The molecule has 104 valence electrons. The van der Waals surface area contributed by atoms with Gasteiger partial charge in [-0.3, -0.25) is 0 Å². The Labute approximate surface area is 117 Å². The van der Waals surface area contributed by atoms with Gasteiger partial charge >= 0.3 is 0 Å². The average Bonchev–Trinajstić information content (AvgIpc) is 2.72. The van der Waals surface area contributed by atoms with Crippen molar-refractivity contribution in [1.82, 2.24) is 5.32 Å². The summed E-state index contributed by atoms with van der Waals surface area (Å²) < 4.78 is 0.578. The Morgan fingerprint density at radius 2 is 1.89 bits per heavy atom. The molecule has 3 unspecified atom stereocenters. The lowest BCUT2D eigenvalue weighted by Crippen LogP contribution is -2.55. The Bertz CT molecular complexity index is 324. The summed E-state index contributed by atoms with van der Waals surface area (Å²) in [6, 6.07) is 0.744. The second-order valence-corrected chi connectivity index (χ2v) is 9.24. The van der Waals surface area contributed by atoms with Crippen LogP contribution in [0.3, 0.4) is 0 Å². The van der Waals surface area contributed by atoms with Gasteiger partial charge in [0, 0.05) is 17.3 Å². The summed E-state index contributed by atoms with van der Waals surface area (Å²) in [4.78, 5) is 0. The number of nitrogens with one attached hydrogen (secondary N) is 1. The molecule has 0 aromatic rings. The number of thioether (sulfide) groups is 1. The van der Waals surface area contributed by atoms with Crippen molar-refractivity contribution in [2.75, 3.05) is 12.8 Å². The molecule has 1 nitrogen and oxygen atoms in total. The highest BCUT2D eigenvalue weighted by atomic mass is 32.2. The van der Waals surface area contributed by atoms with Crippen molar-refractivity contribution in [3.8, 4) is 0 Å². The second-order valence-electron chi connectivity index (χ2n) is 7.97. The quantitative estimate of drug-likeness (QED) is 0.824. The number of hydrogen-bond donors (Lipinski definition) is 1. The molecular formula is C16H29NS. The largest absolute Gasteiger partial charge is 0.312 e. The number of hydrogen-bond acceptors (Lipinski definition) is 2. The Hall–Kier alpha value is 0.310. The van der Waals surface area contributed by atoms with Gasteiger partial charge in [0.1, 0.15) is 0 Å². The molecule has 0 aromatic heterocycles. The van der Waals surface area contributed by atoms with E-state index >= 15 is 0 Å². The smallest absolute Gasteiger partial charge is 0.0281 e. The maximum Gasteiger partial charge on any atom is 0.0281 e. The standard InChI is InChI=1S/C16H29NS/c1-14(2)12-6-9-15(3,10-12)13(14)17-11-16(18-4)7-5-8-16/h12-13,17H,5-11H2,1-4H3. The Morgan fingerprint density at radius 1 is 1.17 bits per heavy atom. The summed E-state index contributed by atoms with van der Waals surface area (Å²) in [7, 11) is 0. The zero-order valence-corrected chi connectivity index (χ0v) is 13.3. The molecule has 0 saturated heterocycles. The van der Waals surface area contributed by atoms with Crippen LogP contribution in [0.1, 0.15) is 59.3 Å². The lowest BCUT2D eigenvalue weighted by Gasteiger charge is -2.47. The van der Waals surface area contributed by atoms with E-state index in [1.54, 1.807) is 0 Å². The first kappa shape index (κ1) is 13.3. The van der Waals surface area contributed by atoms with E-state index in [2.05, 4.69) is 44.1 Å². The summed E-state index contributed by atoms with van der Waals surface area (Å²) in [6.07, 6.45) is 11.0. The fourth-order valence-electron chi connectivity index (χ4n) is 5.12. The molecule has 3 rings (SSSR count). The zero-order chi connectivity index (χ0) is 13.0. The first-order valence-corrected chi connectivity index (χ1v) is 8.93. The van der Waals surface area contributed by atoms with Crippen LogP contribution < -0.4 is 5.32 Å². The molecule has 0 aliphatic heterocycles. The molecule has 18 heavy (non-hydrogen) atoms.